The zero-order chi connectivity index (χ0) is 13.0. The number of benzene rings is 1. The number of hydrogen-bond acceptors (Lipinski definition) is 4. The number of amides is 1. The zero-order valence-electron chi connectivity index (χ0n) is 10.2. The normalized spacial score (nSPS) is 19.1. The van der Waals surface area contributed by atoms with Gasteiger partial charge in [0.1, 0.15) is 0 Å². The standard InChI is InChI=1S/C13H15N3O2/c1-15-11-4-2-10(3-5-11)13(17)16-6-7-18-12(8-14)9-16/h2-5,12,15H,6-7,9H2,1H3. The molecule has 1 fully saturated rings. The molecule has 0 radical (unpaired) electrons. The minimum absolute atomic E-state index is 0.0544. The molecule has 0 spiro atoms. The van der Waals surface area contributed by atoms with Crippen LogP contribution in [0.3, 0.4) is 0 Å². The van der Waals surface area contributed by atoms with Gasteiger partial charge in [0.25, 0.3) is 5.91 Å². The largest absolute Gasteiger partial charge is 0.388 e. The summed E-state index contributed by atoms with van der Waals surface area (Å²) >= 11 is 0. The van der Waals surface area contributed by atoms with Crippen molar-refractivity contribution in [2.24, 2.45) is 0 Å². The highest BCUT2D eigenvalue weighted by molar-refractivity contribution is 5.94. The lowest BCUT2D eigenvalue weighted by Gasteiger charge is -2.29. The Kier molecular flexibility index (Phi) is 3.80. The van der Waals surface area contributed by atoms with Crippen molar-refractivity contribution in [3.8, 4) is 6.07 Å². The van der Waals surface area contributed by atoms with Crippen LogP contribution >= 0.6 is 0 Å². The van der Waals surface area contributed by atoms with Crippen molar-refractivity contribution in [2.45, 2.75) is 6.10 Å². The highest BCUT2D eigenvalue weighted by Crippen LogP contribution is 2.13. The van der Waals surface area contributed by atoms with E-state index in [0.717, 1.165) is 5.69 Å². The first kappa shape index (κ1) is 12.4. The molecule has 1 N–H and O–H groups in total. The number of nitrogens with one attached hydrogen (secondary N) is 1. The third-order valence-electron chi connectivity index (χ3n) is 2.92. The van der Waals surface area contributed by atoms with Gasteiger partial charge < -0.3 is 15.0 Å². The molecule has 0 aromatic heterocycles. The van der Waals surface area contributed by atoms with Gasteiger partial charge in [-0.3, -0.25) is 4.79 Å². The van der Waals surface area contributed by atoms with E-state index in [1.54, 1.807) is 17.0 Å². The van der Waals surface area contributed by atoms with E-state index < -0.39 is 6.10 Å². The summed E-state index contributed by atoms with van der Waals surface area (Å²) in [4.78, 5) is 13.9. The number of morpholine rings is 1. The van der Waals surface area contributed by atoms with Crippen LogP contribution in [0, 0.1) is 11.3 Å². The third kappa shape index (κ3) is 2.60. The number of rotatable bonds is 2. The first-order valence-electron chi connectivity index (χ1n) is 5.83. The van der Waals surface area contributed by atoms with Crippen LogP contribution in [0.15, 0.2) is 24.3 Å². The molecule has 1 saturated heterocycles. The molecule has 1 heterocycles. The fraction of sp³-hybridized carbons (Fsp3) is 0.385. The van der Waals surface area contributed by atoms with Gasteiger partial charge in [-0.1, -0.05) is 0 Å². The number of carbonyl (C=O) groups excluding carboxylic acids is 1. The van der Waals surface area contributed by atoms with Crippen LogP contribution in [-0.4, -0.2) is 43.7 Å². The Morgan fingerprint density at radius 2 is 2.22 bits per heavy atom. The van der Waals surface area contributed by atoms with Gasteiger partial charge >= 0.3 is 0 Å². The van der Waals surface area contributed by atoms with Crippen LogP contribution in [-0.2, 0) is 4.74 Å². The number of hydrogen-bond donors (Lipinski definition) is 1. The van der Waals surface area contributed by atoms with Gasteiger partial charge in [-0.15, -0.1) is 0 Å². The summed E-state index contributed by atoms with van der Waals surface area (Å²) in [5.41, 5.74) is 1.59. The molecule has 18 heavy (non-hydrogen) atoms. The summed E-state index contributed by atoms with van der Waals surface area (Å²) in [6.45, 7) is 1.28. The van der Waals surface area contributed by atoms with Gasteiger partial charge in [-0.25, -0.2) is 0 Å². The van der Waals surface area contributed by atoms with Gasteiger partial charge in [0, 0.05) is 24.8 Å². The molecule has 1 amide bonds. The van der Waals surface area contributed by atoms with Crippen molar-refractivity contribution in [1.82, 2.24) is 4.90 Å². The maximum atomic E-state index is 12.2. The molecule has 1 aromatic rings. The summed E-state index contributed by atoms with van der Waals surface area (Å²) < 4.78 is 5.21. The smallest absolute Gasteiger partial charge is 0.254 e. The molecule has 5 heteroatoms. The predicted molar refractivity (Wildman–Crippen MR) is 67.2 cm³/mol. The molecular weight excluding hydrogens is 230 g/mol. The van der Waals surface area contributed by atoms with E-state index in [-0.39, 0.29) is 5.91 Å². The predicted octanol–water partition coefficient (Wildman–Crippen LogP) is 1.09. The second-order valence-corrected chi connectivity index (χ2v) is 4.07. The quantitative estimate of drug-likeness (QED) is 0.847. The Labute approximate surface area is 106 Å². The van der Waals surface area contributed by atoms with E-state index >= 15 is 0 Å². The maximum absolute atomic E-state index is 12.2. The zero-order valence-corrected chi connectivity index (χ0v) is 10.2. The number of anilines is 1. The minimum Gasteiger partial charge on any atom is -0.388 e. The number of nitrogens with zero attached hydrogens (tertiary/aromatic N) is 2. The van der Waals surface area contributed by atoms with E-state index in [9.17, 15) is 4.79 Å². The second-order valence-electron chi connectivity index (χ2n) is 4.07. The highest BCUT2D eigenvalue weighted by Gasteiger charge is 2.24. The van der Waals surface area contributed by atoms with Gasteiger partial charge in [-0.2, -0.15) is 5.26 Å². The van der Waals surface area contributed by atoms with E-state index in [1.807, 2.05) is 25.2 Å². The summed E-state index contributed by atoms with van der Waals surface area (Å²) in [6, 6.07) is 9.31. The Morgan fingerprint density at radius 3 is 2.83 bits per heavy atom. The number of nitriles is 1. The second kappa shape index (κ2) is 5.52. The Bertz CT molecular complexity index is 464. The minimum atomic E-state index is -0.515. The molecule has 1 aromatic carbocycles. The van der Waals surface area contributed by atoms with Crippen molar-refractivity contribution in [3.63, 3.8) is 0 Å². The molecule has 1 unspecified atom stereocenters. The molecule has 94 valence electrons. The summed E-state index contributed by atoms with van der Waals surface area (Å²) in [5, 5.41) is 11.8. The maximum Gasteiger partial charge on any atom is 0.254 e. The van der Waals surface area contributed by atoms with Crippen molar-refractivity contribution >= 4 is 11.6 Å². The van der Waals surface area contributed by atoms with Gasteiger partial charge in [0.2, 0.25) is 0 Å². The average Bonchev–Trinajstić information content (AvgIpc) is 2.46. The molecule has 5 nitrogen and oxygen atoms in total. The lowest BCUT2D eigenvalue weighted by atomic mass is 10.1. The topological polar surface area (TPSA) is 65.4 Å². The average molecular weight is 245 g/mol. The van der Waals surface area contributed by atoms with Crippen LogP contribution in [0.5, 0.6) is 0 Å². The van der Waals surface area contributed by atoms with E-state index in [2.05, 4.69) is 5.32 Å². The van der Waals surface area contributed by atoms with E-state index in [4.69, 9.17) is 10.00 Å². The van der Waals surface area contributed by atoms with Crippen LogP contribution in [0.1, 0.15) is 10.4 Å². The molecular formula is C13H15N3O2. The van der Waals surface area contributed by atoms with Crippen molar-refractivity contribution in [3.05, 3.63) is 29.8 Å². The summed E-state index contributed by atoms with van der Waals surface area (Å²) in [7, 11) is 1.83. The molecule has 1 aliphatic rings. The molecule has 2 rings (SSSR count). The van der Waals surface area contributed by atoms with E-state index in [1.165, 1.54) is 0 Å². The van der Waals surface area contributed by atoms with Gasteiger partial charge in [0.15, 0.2) is 6.10 Å². The number of carbonyl (C=O) groups is 1. The fourth-order valence-electron chi connectivity index (χ4n) is 1.87. The van der Waals surface area contributed by atoms with Crippen LogP contribution in [0.25, 0.3) is 0 Å². The molecule has 0 saturated carbocycles. The van der Waals surface area contributed by atoms with Gasteiger partial charge in [-0.05, 0) is 24.3 Å². The van der Waals surface area contributed by atoms with Gasteiger partial charge in [0.05, 0.1) is 19.2 Å². The van der Waals surface area contributed by atoms with Crippen LogP contribution in [0.2, 0.25) is 0 Å². The SMILES string of the molecule is CNc1ccc(C(=O)N2CCOC(C#N)C2)cc1. The molecule has 0 aliphatic carbocycles. The lowest BCUT2D eigenvalue weighted by molar-refractivity contribution is 0.00347. The molecule has 0 bridgehead atoms. The fourth-order valence-corrected chi connectivity index (χ4v) is 1.87. The number of ether oxygens (including phenoxy) is 1. The van der Waals surface area contributed by atoms with Crippen molar-refractivity contribution < 1.29 is 9.53 Å². The molecule has 1 atom stereocenters. The Balaban J connectivity index is 2.08. The highest BCUT2D eigenvalue weighted by atomic mass is 16.5. The summed E-state index contributed by atoms with van der Waals surface area (Å²) in [6.07, 6.45) is -0.515. The monoisotopic (exact) mass is 245 g/mol. The first-order valence-corrected chi connectivity index (χ1v) is 5.83. The van der Waals surface area contributed by atoms with Crippen molar-refractivity contribution in [2.75, 3.05) is 32.1 Å². The van der Waals surface area contributed by atoms with E-state index in [0.29, 0.717) is 25.3 Å². The Morgan fingerprint density at radius 1 is 1.50 bits per heavy atom. The third-order valence-corrected chi connectivity index (χ3v) is 2.92. The van der Waals surface area contributed by atoms with Crippen LogP contribution in [0.4, 0.5) is 5.69 Å². The Hall–Kier alpha value is -2.06. The lowest BCUT2D eigenvalue weighted by Crippen LogP contribution is -2.45. The molecule has 1 aliphatic heterocycles. The first-order chi connectivity index (χ1) is 8.74. The van der Waals surface area contributed by atoms with Crippen molar-refractivity contribution in [1.29, 1.82) is 5.26 Å². The van der Waals surface area contributed by atoms with Crippen LogP contribution < -0.4 is 5.32 Å². The summed E-state index contributed by atoms with van der Waals surface area (Å²) in [5.74, 6) is -0.0544.